The first-order valence-corrected chi connectivity index (χ1v) is 6.76. The van der Waals surface area contributed by atoms with Crippen molar-refractivity contribution in [3.05, 3.63) is 0 Å². The van der Waals surface area contributed by atoms with Crippen LogP contribution >= 0.6 is 11.8 Å². The van der Waals surface area contributed by atoms with Crippen molar-refractivity contribution in [2.24, 2.45) is 0 Å². The molecule has 0 aliphatic rings. The summed E-state index contributed by atoms with van der Waals surface area (Å²) in [6.45, 7) is 5.30. The van der Waals surface area contributed by atoms with Crippen LogP contribution in [0.4, 0.5) is 4.79 Å². The van der Waals surface area contributed by atoms with E-state index in [1.807, 2.05) is 6.26 Å². The Kier molecular flexibility index (Phi) is 7.03. The van der Waals surface area contributed by atoms with E-state index in [2.05, 4.69) is 10.1 Å². The molecule has 1 atom stereocenters. The van der Waals surface area contributed by atoms with E-state index in [4.69, 9.17) is 4.74 Å². The summed E-state index contributed by atoms with van der Waals surface area (Å²) in [5.74, 6) is 0.306. The van der Waals surface area contributed by atoms with E-state index in [1.165, 1.54) is 7.11 Å². The largest absolute Gasteiger partial charge is 0.467 e. The smallest absolute Gasteiger partial charge is 0.408 e. The highest BCUT2D eigenvalue weighted by molar-refractivity contribution is 7.98. The monoisotopic (exact) mass is 263 g/mol. The molecule has 17 heavy (non-hydrogen) atoms. The molecule has 6 heteroatoms. The van der Waals surface area contributed by atoms with Gasteiger partial charge in [-0.3, -0.25) is 0 Å². The van der Waals surface area contributed by atoms with Crippen LogP contribution in [0.3, 0.4) is 0 Å². The number of carbonyl (C=O) groups is 2. The third-order valence-corrected chi connectivity index (χ3v) is 2.43. The molecule has 1 N–H and O–H groups in total. The Morgan fingerprint density at radius 3 is 2.35 bits per heavy atom. The number of methoxy groups -OCH3 is 1. The third kappa shape index (κ3) is 7.90. The van der Waals surface area contributed by atoms with Crippen molar-refractivity contribution < 1.29 is 19.1 Å². The first kappa shape index (κ1) is 16.1. The number of nitrogens with one attached hydrogen (secondary N) is 1. The summed E-state index contributed by atoms with van der Waals surface area (Å²) in [4.78, 5) is 22.9. The molecular formula is C11H21NO4S. The van der Waals surface area contributed by atoms with Crippen LogP contribution in [0.15, 0.2) is 0 Å². The molecule has 0 aromatic rings. The van der Waals surface area contributed by atoms with Crippen LogP contribution in [-0.4, -0.2) is 42.8 Å². The van der Waals surface area contributed by atoms with Gasteiger partial charge in [0.05, 0.1) is 7.11 Å². The second kappa shape index (κ2) is 7.42. The van der Waals surface area contributed by atoms with Crippen LogP contribution in [0.5, 0.6) is 0 Å². The zero-order chi connectivity index (χ0) is 13.5. The molecule has 0 saturated carbocycles. The number of carbonyl (C=O) groups excluding carboxylic acids is 2. The maximum Gasteiger partial charge on any atom is 0.408 e. The minimum absolute atomic E-state index is 0.454. The number of alkyl carbamates (subject to hydrolysis) is 1. The molecule has 0 heterocycles. The van der Waals surface area contributed by atoms with Crippen molar-refractivity contribution >= 4 is 23.8 Å². The molecule has 5 nitrogen and oxygen atoms in total. The van der Waals surface area contributed by atoms with Crippen molar-refractivity contribution in [1.29, 1.82) is 0 Å². The highest BCUT2D eigenvalue weighted by atomic mass is 32.2. The number of hydrogen-bond acceptors (Lipinski definition) is 5. The van der Waals surface area contributed by atoms with Crippen LogP contribution in [0, 0.1) is 0 Å². The Morgan fingerprint density at radius 1 is 1.35 bits per heavy atom. The fourth-order valence-electron chi connectivity index (χ4n) is 1.08. The molecule has 0 aromatic heterocycles. The van der Waals surface area contributed by atoms with Gasteiger partial charge in [0.1, 0.15) is 11.6 Å². The molecule has 0 unspecified atom stereocenters. The van der Waals surface area contributed by atoms with Gasteiger partial charge in [-0.15, -0.1) is 0 Å². The topological polar surface area (TPSA) is 64.6 Å². The van der Waals surface area contributed by atoms with Gasteiger partial charge in [-0.1, -0.05) is 0 Å². The fourth-order valence-corrected chi connectivity index (χ4v) is 1.55. The summed E-state index contributed by atoms with van der Waals surface area (Å²) in [7, 11) is 1.30. The molecule has 0 aromatic carbocycles. The molecule has 0 bridgehead atoms. The van der Waals surface area contributed by atoms with Crippen molar-refractivity contribution in [1.82, 2.24) is 5.32 Å². The fraction of sp³-hybridized carbons (Fsp3) is 0.818. The quantitative estimate of drug-likeness (QED) is 0.766. The number of hydrogen-bond donors (Lipinski definition) is 1. The van der Waals surface area contributed by atoms with Gasteiger partial charge in [-0.05, 0) is 39.2 Å². The Labute approximate surface area is 107 Å². The Balaban J connectivity index is 4.32. The third-order valence-electron chi connectivity index (χ3n) is 1.79. The Hall–Kier alpha value is -0.910. The van der Waals surface area contributed by atoms with E-state index in [0.717, 1.165) is 5.75 Å². The van der Waals surface area contributed by atoms with E-state index in [1.54, 1.807) is 32.5 Å². The Morgan fingerprint density at radius 2 is 1.94 bits per heavy atom. The molecule has 0 saturated heterocycles. The lowest BCUT2D eigenvalue weighted by Crippen LogP contribution is -2.44. The highest BCUT2D eigenvalue weighted by Crippen LogP contribution is 2.08. The van der Waals surface area contributed by atoms with Gasteiger partial charge in [0.15, 0.2) is 0 Å². The molecule has 1 amide bonds. The minimum atomic E-state index is -0.651. The number of thioether (sulfide) groups is 1. The van der Waals surface area contributed by atoms with E-state index < -0.39 is 23.7 Å². The summed E-state index contributed by atoms with van der Waals surface area (Å²) in [6, 6.07) is -0.651. The molecule has 0 aliphatic carbocycles. The van der Waals surface area contributed by atoms with Crippen molar-refractivity contribution in [3.63, 3.8) is 0 Å². The number of rotatable bonds is 5. The van der Waals surface area contributed by atoms with Crippen molar-refractivity contribution in [2.75, 3.05) is 19.1 Å². The van der Waals surface area contributed by atoms with Crippen LogP contribution in [0.2, 0.25) is 0 Å². The summed E-state index contributed by atoms with van der Waals surface area (Å²) < 4.78 is 9.70. The average Bonchev–Trinajstić information content (AvgIpc) is 2.20. The van der Waals surface area contributed by atoms with Gasteiger partial charge in [0.25, 0.3) is 0 Å². The second-order valence-electron chi connectivity index (χ2n) is 4.50. The predicted octanol–water partition coefficient (Wildman–Crippen LogP) is 1.81. The van der Waals surface area contributed by atoms with E-state index in [0.29, 0.717) is 6.42 Å². The maximum absolute atomic E-state index is 11.5. The van der Waals surface area contributed by atoms with Gasteiger partial charge in [0, 0.05) is 0 Å². The van der Waals surface area contributed by atoms with Gasteiger partial charge in [0.2, 0.25) is 0 Å². The van der Waals surface area contributed by atoms with Crippen molar-refractivity contribution in [2.45, 2.75) is 38.8 Å². The van der Waals surface area contributed by atoms with Crippen LogP contribution in [-0.2, 0) is 14.3 Å². The Bertz CT molecular complexity index is 263. The first-order valence-electron chi connectivity index (χ1n) is 5.36. The lowest BCUT2D eigenvalue weighted by molar-refractivity contribution is -0.143. The van der Waals surface area contributed by atoms with Crippen LogP contribution in [0.1, 0.15) is 27.2 Å². The van der Waals surface area contributed by atoms with E-state index in [-0.39, 0.29) is 0 Å². The summed E-state index contributed by atoms with van der Waals surface area (Å²) in [5.41, 5.74) is -0.579. The zero-order valence-electron chi connectivity index (χ0n) is 11.0. The number of amides is 1. The SMILES string of the molecule is COC(=O)[C@H](CCSC)NC(=O)OC(C)(C)C. The second-order valence-corrected chi connectivity index (χ2v) is 5.49. The molecule has 0 radical (unpaired) electrons. The first-order chi connectivity index (χ1) is 7.80. The van der Waals surface area contributed by atoms with E-state index >= 15 is 0 Å². The standard InChI is InChI=1S/C11H21NO4S/c1-11(2,3)16-10(14)12-8(6-7-17-5)9(13)15-4/h8H,6-7H2,1-5H3,(H,12,14)/t8-/m0/s1. The summed E-state index contributed by atoms with van der Waals surface area (Å²) in [5, 5.41) is 2.51. The molecule has 0 spiro atoms. The number of ether oxygens (including phenoxy) is 2. The predicted molar refractivity (Wildman–Crippen MR) is 68.2 cm³/mol. The van der Waals surface area contributed by atoms with Crippen LogP contribution in [0.25, 0.3) is 0 Å². The zero-order valence-corrected chi connectivity index (χ0v) is 11.8. The van der Waals surface area contributed by atoms with Crippen LogP contribution < -0.4 is 5.32 Å². The summed E-state index contributed by atoms with van der Waals surface area (Å²) in [6.07, 6.45) is 1.85. The molecule has 0 fully saturated rings. The minimum Gasteiger partial charge on any atom is -0.467 e. The summed E-state index contributed by atoms with van der Waals surface area (Å²) >= 11 is 1.60. The van der Waals surface area contributed by atoms with Gasteiger partial charge in [-0.25, -0.2) is 9.59 Å². The maximum atomic E-state index is 11.5. The molecule has 100 valence electrons. The van der Waals surface area contributed by atoms with Gasteiger partial charge >= 0.3 is 12.1 Å². The lowest BCUT2D eigenvalue weighted by Gasteiger charge is -2.22. The normalized spacial score (nSPS) is 12.8. The molecule has 0 aliphatic heterocycles. The van der Waals surface area contributed by atoms with Gasteiger partial charge in [-0.2, -0.15) is 11.8 Å². The van der Waals surface area contributed by atoms with Crippen molar-refractivity contribution in [3.8, 4) is 0 Å². The van der Waals surface area contributed by atoms with E-state index in [9.17, 15) is 9.59 Å². The molecular weight excluding hydrogens is 242 g/mol. The average molecular weight is 263 g/mol. The number of esters is 1. The van der Waals surface area contributed by atoms with Gasteiger partial charge < -0.3 is 14.8 Å². The lowest BCUT2D eigenvalue weighted by atomic mass is 10.2. The highest BCUT2D eigenvalue weighted by Gasteiger charge is 2.24. The molecule has 0 rings (SSSR count).